The zero-order valence-corrected chi connectivity index (χ0v) is 14.2. The van der Waals surface area contributed by atoms with Crippen LogP contribution in [-0.2, 0) is 9.53 Å². The summed E-state index contributed by atoms with van der Waals surface area (Å²) in [6, 6.07) is -0.448. The second-order valence-corrected chi connectivity index (χ2v) is 7.86. The molecular formula is C18H28N2O3. The van der Waals surface area contributed by atoms with Crippen molar-refractivity contribution in [1.82, 2.24) is 4.90 Å². The normalized spacial score (nSPS) is 31.8. The molecular weight excluding hydrogens is 292 g/mol. The molecule has 1 saturated heterocycles. The standard InChI is InChI=1S/C18H28N2O3/c1-18(2)14-6-5-12(15(18)10-14)7-9-23-16(21)13-4-3-8-20(11-13)17(19)22/h5,13-15H,3-4,6-11H2,1-2H3,(H2,19,22). The van der Waals surface area contributed by atoms with Gasteiger partial charge in [-0.15, -0.1) is 0 Å². The van der Waals surface area contributed by atoms with Crippen molar-refractivity contribution in [2.45, 2.75) is 46.0 Å². The van der Waals surface area contributed by atoms with E-state index in [1.165, 1.54) is 23.3 Å². The van der Waals surface area contributed by atoms with Crippen LogP contribution in [0.2, 0.25) is 0 Å². The number of piperidine rings is 1. The molecule has 0 aromatic heterocycles. The first kappa shape index (κ1) is 16.3. The van der Waals surface area contributed by atoms with Crippen LogP contribution in [0.5, 0.6) is 0 Å². The van der Waals surface area contributed by atoms with E-state index in [1.807, 2.05) is 0 Å². The van der Waals surface area contributed by atoms with E-state index < -0.39 is 6.03 Å². The number of ether oxygens (including phenoxy) is 1. The van der Waals surface area contributed by atoms with E-state index in [0.717, 1.165) is 25.2 Å². The van der Waals surface area contributed by atoms with Crippen molar-refractivity contribution in [3.8, 4) is 0 Å². The number of amides is 2. The summed E-state index contributed by atoms with van der Waals surface area (Å²) >= 11 is 0. The van der Waals surface area contributed by atoms with E-state index in [9.17, 15) is 9.59 Å². The van der Waals surface area contributed by atoms with Gasteiger partial charge in [0.05, 0.1) is 12.5 Å². The molecule has 4 aliphatic rings. The first-order valence-electron chi connectivity index (χ1n) is 8.79. The molecule has 4 rings (SSSR count). The zero-order valence-electron chi connectivity index (χ0n) is 14.2. The number of fused-ring (bicyclic) bond motifs is 1. The van der Waals surface area contributed by atoms with Crippen LogP contribution >= 0.6 is 0 Å². The average molecular weight is 320 g/mol. The molecule has 1 heterocycles. The molecule has 5 nitrogen and oxygen atoms in total. The predicted molar refractivity (Wildman–Crippen MR) is 87.5 cm³/mol. The lowest BCUT2D eigenvalue weighted by molar-refractivity contribution is -0.150. The van der Waals surface area contributed by atoms with Crippen LogP contribution < -0.4 is 5.73 Å². The minimum atomic E-state index is -0.448. The number of hydrogen-bond donors (Lipinski definition) is 1. The first-order valence-corrected chi connectivity index (χ1v) is 8.79. The molecule has 128 valence electrons. The van der Waals surface area contributed by atoms with Gasteiger partial charge in [0.25, 0.3) is 0 Å². The molecule has 2 fully saturated rings. The molecule has 0 aromatic rings. The van der Waals surface area contributed by atoms with Crippen LogP contribution in [0.4, 0.5) is 4.79 Å². The number of nitrogens with zero attached hydrogens (tertiary/aromatic N) is 1. The molecule has 3 unspecified atom stereocenters. The van der Waals surface area contributed by atoms with Gasteiger partial charge in [-0.1, -0.05) is 25.5 Å². The average Bonchev–Trinajstić information content (AvgIpc) is 2.54. The molecule has 3 aliphatic carbocycles. The van der Waals surface area contributed by atoms with Gasteiger partial charge < -0.3 is 15.4 Å². The van der Waals surface area contributed by atoms with Crippen molar-refractivity contribution in [1.29, 1.82) is 0 Å². The van der Waals surface area contributed by atoms with E-state index in [0.29, 0.717) is 31.0 Å². The SMILES string of the molecule is CC1(C)C2CC=C(CCOC(=O)C3CCCN(C(N)=O)C3)C1C2. The van der Waals surface area contributed by atoms with Crippen molar-refractivity contribution in [2.75, 3.05) is 19.7 Å². The number of esters is 1. The van der Waals surface area contributed by atoms with Gasteiger partial charge in [0.15, 0.2) is 0 Å². The Morgan fingerprint density at radius 1 is 1.43 bits per heavy atom. The van der Waals surface area contributed by atoms with Crippen LogP contribution in [0, 0.1) is 23.2 Å². The Kier molecular flexibility index (Phi) is 4.39. The number of allylic oxidation sites excluding steroid dienone is 1. The zero-order chi connectivity index (χ0) is 16.6. The Labute approximate surface area is 138 Å². The minimum Gasteiger partial charge on any atom is -0.465 e. The van der Waals surface area contributed by atoms with Gasteiger partial charge in [-0.2, -0.15) is 0 Å². The largest absolute Gasteiger partial charge is 0.465 e. The Bertz CT molecular complexity index is 526. The molecule has 1 saturated carbocycles. The fourth-order valence-electron chi connectivity index (χ4n) is 4.51. The number of carbonyl (C=O) groups excluding carboxylic acids is 2. The molecule has 2 N–H and O–H groups in total. The number of nitrogens with two attached hydrogens (primary N) is 1. The van der Waals surface area contributed by atoms with Gasteiger partial charge in [-0.25, -0.2) is 4.79 Å². The summed E-state index contributed by atoms with van der Waals surface area (Å²) in [5.41, 5.74) is 7.18. The highest BCUT2D eigenvalue weighted by atomic mass is 16.5. The summed E-state index contributed by atoms with van der Waals surface area (Å²) in [6.07, 6.45) is 7.26. The third-order valence-corrected chi connectivity index (χ3v) is 6.28. The summed E-state index contributed by atoms with van der Waals surface area (Å²) in [5.74, 6) is 1.10. The van der Waals surface area contributed by atoms with E-state index in [-0.39, 0.29) is 11.9 Å². The summed E-state index contributed by atoms with van der Waals surface area (Å²) in [4.78, 5) is 25.0. The second kappa shape index (κ2) is 6.17. The highest BCUT2D eigenvalue weighted by Crippen LogP contribution is 2.59. The Hall–Kier alpha value is -1.52. The second-order valence-electron chi connectivity index (χ2n) is 7.86. The fourth-order valence-corrected chi connectivity index (χ4v) is 4.51. The van der Waals surface area contributed by atoms with Crippen molar-refractivity contribution in [3.63, 3.8) is 0 Å². The lowest BCUT2D eigenvalue weighted by Gasteiger charge is -2.56. The van der Waals surface area contributed by atoms with Gasteiger partial charge in [-0.05, 0) is 42.9 Å². The van der Waals surface area contributed by atoms with Crippen molar-refractivity contribution in [3.05, 3.63) is 11.6 Å². The third-order valence-electron chi connectivity index (χ3n) is 6.28. The topological polar surface area (TPSA) is 72.6 Å². The number of carbonyl (C=O) groups is 2. The first-order chi connectivity index (χ1) is 10.9. The van der Waals surface area contributed by atoms with E-state index in [1.54, 1.807) is 0 Å². The van der Waals surface area contributed by atoms with Gasteiger partial charge in [0.1, 0.15) is 0 Å². The fraction of sp³-hybridized carbons (Fsp3) is 0.778. The smallest absolute Gasteiger partial charge is 0.314 e. The van der Waals surface area contributed by atoms with Crippen molar-refractivity contribution < 1.29 is 14.3 Å². The molecule has 5 heteroatoms. The number of urea groups is 1. The number of primary amides is 1. The minimum absolute atomic E-state index is 0.182. The monoisotopic (exact) mass is 320 g/mol. The summed E-state index contributed by atoms with van der Waals surface area (Å²) in [6.45, 7) is 6.20. The molecule has 23 heavy (non-hydrogen) atoms. The van der Waals surface area contributed by atoms with E-state index >= 15 is 0 Å². The summed E-state index contributed by atoms with van der Waals surface area (Å²) in [5, 5.41) is 0. The molecule has 0 spiro atoms. The van der Waals surface area contributed by atoms with Crippen molar-refractivity contribution >= 4 is 12.0 Å². The van der Waals surface area contributed by atoms with E-state index in [4.69, 9.17) is 10.5 Å². The van der Waals surface area contributed by atoms with Gasteiger partial charge >= 0.3 is 12.0 Å². The molecule has 1 aliphatic heterocycles. The number of hydrogen-bond acceptors (Lipinski definition) is 3. The quantitative estimate of drug-likeness (QED) is 0.639. The highest BCUT2D eigenvalue weighted by Gasteiger charge is 2.50. The van der Waals surface area contributed by atoms with Crippen LogP contribution in [0.15, 0.2) is 11.6 Å². The molecule has 0 radical (unpaired) electrons. The van der Waals surface area contributed by atoms with Gasteiger partial charge in [0.2, 0.25) is 0 Å². The van der Waals surface area contributed by atoms with Crippen LogP contribution in [0.1, 0.15) is 46.0 Å². The lowest BCUT2D eigenvalue weighted by Crippen LogP contribution is -2.48. The third kappa shape index (κ3) is 3.10. The lowest BCUT2D eigenvalue weighted by atomic mass is 9.48. The Balaban J connectivity index is 1.45. The van der Waals surface area contributed by atoms with Gasteiger partial charge in [-0.3, -0.25) is 4.79 Å². The Morgan fingerprint density at radius 2 is 2.22 bits per heavy atom. The van der Waals surface area contributed by atoms with Crippen LogP contribution in [0.3, 0.4) is 0 Å². The molecule has 3 atom stereocenters. The number of likely N-dealkylation sites (tertiary alicyclic amines) is 1. The van der Waals surface area contributed by atoms with Crippen LogP contribution in [-0.4, -0.2) is 36.6 Å². The van der Waals surface area contributed by atoms with Crippen LogP contribution in [0.25, 0.3) is 0 Å². The van der Waals surface area contributed by atoms with E-state index in [2.05, 4.69) is 19.9 Å². The summed E-state index contributed by atoms with van der Waals surface area (Å²) in [7, 11) is 0. The maximum Gasteiger partial charge on any atom is 0.314 e. The van der Waals surface area contributed by atoms with Gasteiger partial charge in [0, 0.05) is 19.5 Å². The van der Waals surface area contributed by atoms with Crippen molar-refractivity contribution in [2.24, 2.45) is 28.9 Å². The molecule has 0 aromatic carbocycles. The Morgan fingerprint density at radius 3 is 2.87 bits per heavy atom. The highest BCUT2D eigenvalue weighted by molar-refractivity contribution is 5.76. The molecule has 2 amide bonds. The molecule has 2 bridgehead atoms. The predicted octanol–water partition coefficient (Wildman–Crippen LogP) is 2.70. The number of rotatable bonds is 4. The summed E-state index contributed by atoms with van der Waals surface area (Å²) < 4.78 is 5.49. The maximum atomic E-state index is 12.2. The maximum absolute atomic E-state index is 12.2.